The normalized spacial score (nSPS) is 18.1. The maximum Gasteiger partial charge on any atom is 0.586 e. The van der Waals surface area contributed by atoms with Crippen LogP contribution in [0.15, 0.2) is 18.2 Å². The van der Waals surface area contributed by atoms with Crippen LogP contribution < -0.4 is 14.8 Å². The van der Waals surface area contributed by atoms with Crippen molar-refractivity contribution in [3.05, 3.63) is 23.8 Å². The molecule has 0 aliphatic carbocycles. The largest absolute Gasteiger partial charge is 0.586 e. The van der Waals surface area contributed by atoms with Crippen LogP contribution in [0.1, 0.15) is 25.3 Å². The van der Waals surface area contributed by atoms with Gasteiger partial charge in [0, 0.05) is 6.54 Å². The van der Waals surface area contributed by atoms with Gasteiger partial charge in [-0.2, -0.15) is 0 Å². The van der Waals surface area contributed by atoms with Gasteiger partial charge in [-0.15, -0.1) is 8.78 Å². The molecule has 1 aromatic rings. The smallest absolute Gasteiger partial charge is 0.395 e. The van der Waals surface area contributed by atoms with Gasteiger partial charge in [0.2, 0.25) is 0 Å². The van der Waals surface area contributed by atoms with Crippen molar-refractivity contribution in [2.24, 2.45) is 5.92 Å². The van der Waals surface area contributed by atoms with E-state index in [0.717, 1.165) is 12.1 Å². The number of ether oxygens (including phenoxy) is 2. The van der Waals surface area contributed by atoms with E-state index in [1.165, 1.54) is 6.07 Å². The van der Waals surface area contributed by atoms with Crippen molar-refractivity contribution < 1.29 is 18.3 Å². The molecule has 5 heteroatoms. The van der Waals surface area contributed by atoms with Crippen LogP contribution in [0.5, 0.6) is 11.5 Å². The van der Waals surface area contributed by atoms with Crippen molar-refractivity contribution in [2.75, 3.05) is 13.6 Å². The fraction of sp³-hybridized carbons (Fsp3) is 0.538. The first-order chi connectivity index (χ1) is 8.43. The molecule has 1 unspecified atom stereocenters. The second-order valence-electron chi connectivity index (χ2n) is 4.78. The predicted octanol–water partition coefficient (Wildman–Crippen LogP) is 2.97. The number of likely N-dealkylation sites (N-methyl/N-ethyl adjacent to an activating group) is 1. The summed E-state index contributed by atoms with van der Waals surface area (Å²) in [7, 11) is 1.87. The number of hydrogen-bond donors (Lipinski definition) is 1. The average Bonchev–Trinajstić information content (AvgIpc) is 2.58. The van der Waals surface area contributed by atoms with Crippen molar-refractivity contribution >= 4 is 0 Å². The zero-order valence-electron chi connectivity index (χ0n) is 10.7. The highest BCUT2D eigenvalue weighted by Crippen LogP contribution is 2.42. The molecule has 1 aromatic carbocycles. The molecule has 2 rings (SSSR count). The van der Waals surface area contributed by atoms with E-state index in [-0.39, 0.29) is 17.4 Å². The molecule has 0 aromatic heterocycles. The molecule has 1 atom stereocenters. The summed E-state index contributed by atoms with van der Waals surface area (Å²) in [5.41, 5.74) is 0.972. The summed E-state index contributed by atoms with van der Waals surface area (Å²) in [5, 5.41) is 3.11. The van der Waals surface area contributed by atoms with Gasteiger partial charge < -0.3 is 14.8 Å². The van der Waals surface area contributed by atoms with Crippen LogP contribution in [0.3, 0.4) is 0 Å². The van der Waals surface area contributed by atoms with Gasteiger partial charge in [-0.25, -0.2) is 0 Å². The zero-order valence-corrected chi connectivity index (χ0v) is 10.7. The second kappa shape index (κ2) is 4.72. The fourth-order valence-corrected chi connectivity index (χ4v) is 2.15. The minimum Gasteiger partial charge on any atom is -0.395 e. The first kappa shape index (κ1) is 13.1. The quantitative estimate of drug-likeness (QED) is 0.899. The molecule has 3 nitrogen and oxygen atoms in total. The van der Waals surface area contributed by atoms with Gasteiger partial charge in [-0.3, -0.25) is 0 Å². The molecule has 0 radical (unpaired) electrons. The number of nitrogens with one attached hydrogen (secondary N) is 1. The average molecular weight is 257 g/mol. The lowest BCUT2D eigenvalue weighted by atomic mass is 9.88. The van der Waals surface area contributed by atoms with E-state index in [4.69, 9.17) is 0 Å². The summed E-state index contributed by atoms with van der Waals surface area (Å²) < 4.78 is 34.7. The SMILES string of the molecule is CNCC(c1ccc2c(c1)OC(F)(F)O2)C(C)C. The summed E-state index contributed by atoms with van der Waals surface area (Å²) in [6.45, 7) is 4.98. The minimum atomic E-state index is -3.54. The summed E-state index contributed by atoms with van der Waals surface area (Å²) in [5.74, 6) is 0.853. The molecule has 1 N–H and O–H groups in total. The Morgan fingerprint density at radius 1 is 1.22 bits per heavy atom. The van der Waals surface area contributed by atoms with Crippen molar-refractivity contribution in [3.63, 3.8) is 0 Å². The first-order valence-electron chi connectivity index (χ1n) is 5.97. The molecule has 100 valence electrons. The third-order valence-corrected chi connectivity index (χ3v) is 3.08. The van der Waals surface area contributed by atoms with E-state index in [0.29, 0.717) is 5.92 Å². The molecule has 1 aliphatic heterocycles. The van der Waals surface area contributed by atoms with Gasteiger partial charge >= 0.3 is 6.29 Å². The Hall–Kier alpha value is -1.36. The van der Waals surface area contributed by atoms with Crippen LogP contribution in [0.25, 0.3) is 0 Å². The van der Waals surface area contributed by atoms with Crippen LogP contribution in [0, 0.1) is 5.92 Å². The lowest BCUT2D eigenvalue weighted by Crippen LogP contribution is -2.26. The van der Waals surface area contributed by atoms with Crippen LogP contribution in [0.2, 0.25) is 0 Å². The molecule has 1 aliphatic rings. The summed E-state index contributed by atoms with van der Waals surface area (Å²) in [6.07, 6.45) is -3.54. The Morgan fingerprint density at radius 3 is 2.50 bits per heavy atom. The van der Waals surface area contributed by atoms with Gasteiger partial charge in [0.15, 0.2) is 11.5 Å². The van der Waals surface area contributed by atoms with Gasteiger partial charge in [0.1, 0.15) is 0 Å². The van der Waals surface area contributed by atoms with E-state index in [1.807, 2.05) is 13.1 Å². The monoisotopic (exact) mass is 257 g/mol. The topological polar surface area (TPSA) is 30.5 Å². The highest BCUT2D eigenvalue weighted by Gasteiger charge is 2.43. The molecule has 0 saturated heterocycles. The summed E-state index contributed by atoms with van der Waals surface area (Å²) >= 11 is 0. The second-order valence-corrected chi connectivity index (χ2v) is 4.78. The number of halogens is 2. The lowest BCUT2D eigenvalue weighted by Gasteiger charge is -2.21. The Bertz CT molecular complexity index is 435. The Labute approximate surface area is 105 Å². The van der Waals surface area contributed by atoms with E-state index < -0.39 is 6.29 Å². The fourth-order valence-electron chi connectivity index (χ4n) is 2.15. The van der Waals surface area contributed by atoms with Gasteiger partial charge in [-0.1, -0.05) is 19.9 Å². The van der Waals surface area contributed by atoms with Crippen molar-refractivity contribution in [3.8, 4) is 11.5 Å². The minimum absolute atomic E-state index is 0.0933. The van der Waals surface area contributed by atoms with E-state index in [2.05, 4.69) is 28.6 Å². The van der Waals surface area contributed by atoms with Crippen LogP contribution in [-0.2, 0) is 0 Å². The van der Waals surface area contributed by atoms with Crippen LogP contribution in [-0.4, -0.2) is 19.9 Å². The number of fused-ring (bicyclic) bond motifs is 1. The molecule has 0 amide bonds. The predicted molar refractivity (Wildman–Crippen MR) is 64.2 cm³/mol. The first-order valence-corrected chi connectivity index (χ1v) is 5.97. The highest BCUT2D eigenvalue weighted by molar-refractivity contribution is 5.46. The molecule has 0 saturated carbocycles. The number of hydrogen-bond acceptors (Lipinski definition) is 3. The Morgan fingerprint density at radius 2 is 1.89 bits per heavy atom. The standard InChI is InChI=1S/C13H17F2NO2/c1-8(2)10(7-16-3)9-4-5-11-12(6-9)18-13(14,15)17-11/h4-6,8,10,16H,7H2,1-3H3. The molecule has 0 fully saturated rings. The third kappa shape index (κ3) is 2.56. The third-order valence-electron chi connectivity index (χ3n) is 3.08. The van der Waals surface area contributed by atoms with E-state index in [1.54, 1.807) is 6.07 Å². The molecular weight excluding hydrogens is 240 g/mol. The van der Waals surface area contributed by atoms with Crippen molar-refractivity contribution in [1.29, 1.82) is 0 Å². The number of benzene rings is 1. The van der Waals surface area contributed by atoms with Gasteiger partial charge in [0.25, 0.3) is 0 Å². The number of alkyl halides is 2. The van der Waals surface area contributed by atoms with Gasteiger partial charge in [0.05, 0.1) is 0 Å². The molecule has 0 bridgehead atoms. The van der Waals surface area contributed by atoms with Crippen LogP contribution >= 0.6 is 0 Å². The summed E-state index contributed by atoms with van der Waals surface area (Å²) in [4.78, 5) is 0. The summed E-state index contributed by atoms with van der Waals surface area (Å²) in [6, 6.07) is 4.99. The number of rotatable bonds is 4. The molecule has 0 spiro atoms. The van der Waals surface area contributed by atoms with Gasteiger partial charge in [-0.05, 0) is 36.6 Å². The molecule has 1 heterocycles. The Kier molecular flexibility index (Phi) is 3.43. The molecule has 18 heavy (non-hydrogen) atoms. The van der Waals surface area contributed by atoms with E-state index >= 15 is 0 Å². The Balaban J connectivity index is 2.27. The van der Waals surface area contributed by atoms with E-state index in [9.17, 15) is 8.78 Å². The van der Waals surface area contributed by atoms with Crippen molar-refractivity contribution in [2.45, 2.75) is 26.1 Å². The maximum absolute atomic E-state index is 12.9. The lowest BCUT2D eigenvalue weighted by molar-refractivity contribution is -0.286. The van der Waals surface area contributed by atoms with Crippen molar-refractivity contribution in [1.82, 2.24) is 5.32 Å². The maximum atomic E-state index is 12.9. The zero-order chi connectivity index (χ0) is 13.3. The highest BCUT2D eigenvalue weighted by atomic mass is 19.3. The van der Waals surface area contributed by atoms with Crippen LogP contribution in [0.4, 0.5) is 8.78 Å². The molecular formula is C13H17F2NO2.